The van der Waals surface area contributed by atoms with Gasteiger partial charge < -0.3 is 0 Å². The quantitative estimate of drug-likeness (QED) is 0.414. The molecule has 0 atom stereocenters. The van der Waals surface area contributed by atoms with E-state index in [0.29, 0.717) is 16.8 Å². The van der Waals surface area contributed by atoms with E-state index >= 15 is 0 Å². The summed E-state index contributed by atoms with van der Waals surface area (Å²) in [4.78, 5) is 0.119. The minimum Gasteiger partial charge on any atom is -0.275 e. The second-order valence-electron chi connectivity index (χ2n) is 7.17. The molecular formula is C21H17ClN6O2S. The topological polar surface area (TPSA) is 87.6 Å². The zero-order valence-corrected chi connectivity index (χ0v) is 18.2. The Morgan fingerprint density at radius 1 is 0.871 bits per heavy atom. The van der Waals surface area contributed by atoms with Crippen LogP contribution in [0, 0.1) is 0 Å². The zero-order valence-electron chi connectivity index (χ0n) is 16.6. The first-order chi connectivity index (χ1) is 14.8. The van der Waals surface area contributed by atoms with Crippen LogP contribution in [0.4, 0.5) is 0 Å². The smallest absolute Gasteiger partial charge is 0.275 e. The van der Waals surface area contributed by atoms with Crippen LogP contribution >= 0.6 is 11.6 Å². The molecule has 0 spiro atoms. The first kappa shape index (κ1) is 19.5. The fourth-order valence-electron chi connectivity index (χ4n) is 3.49. The second-order valence-corrected chi connectivity index (χ2v) is 9.32. The molecule has 0 N–H and O–H groups in total. The van der Waals surface area contributed by atoms with Crippen molar-refractivity contribution in [3.8, 4) is 22.5 Å². The molecule has 0 saturated heterocycles. The van der Waals surface area contributed by atoms with Gasteiger partial charge in [-0.2, -0.15) is 27.8 Å². The summed E-state index contributed by atoms with van der Waals surface area (Å²) in [5.41, 5.74) is 1.74. The molecule has 8 nitrogen and oxygen atoms in total. The van der Waals surface area contributed by atoms with Crippen molar-refractivity contribution < 1.29 is 8.42 Å². The summed E-state index contributed by atoms with van der Waals surface area (Å²) in [7, 11) is -0.532. The lowest BCUT2D eigenvalue weighted by Gasteiger charge is -2.09. The summed E-state index contributed by atoms with van der Waals surface area (Å²) in [6.07, 6.45) is 6.58. The molecule has 0 unspecified atom stereocenters. The van der Waals surface area contributed by atoms with E-state index in [2.05, 4.69) is 15.3 Å². The van der Waals surface area contributed by atoms with Gasteiger partial charge in [-0.05, 0) is 22.9 Å². The third kappa shape index (κ3) is 3.22. The van der Waals surface area contributed by atoms with Crippen LogP contribution in [-0.4, -0.2) is 37.2 Å². The van der Waals surface area contributed by atoms with Crippen LogP contribution in [0.5, 0.6) is 0 Å². The summed E-state index contributed by atoms with van der Waals surface area (Å²) in [5, 5.41) is 14.7. The number of hydrogen-bond acceptors (Lipinski definition) is 5. The van der Waals surface area contributed by atoms with Crippen LogP contribution in [-0.2, 0) is 24.1 Å². The maximum absolute atomic E-state index is 13.7. The SMILES string of the molecule is Cn1cc(-c2nn(S(=O)(=O)c3ccc4ccccc4c3)c(-c3cnn(C)c3)c2Cl)cn1. The summed E-state index contributed by atoms with van der Waals surface area (Å²) in [6, 6.07) is 12.6. The Bertz CT molecular complexity index is 1550. The molecule has 0 saturated carbocycles. The fraction of sp³-hybridized carbons (Fsp3) is 0.0952. The van der Waals surface area contributed by atoms with Gasteiger partial charge in [-0.3, -0.25) is 9.36 Å². The van der Waals surface area contributed by atoms with Gasteiger partial charge in [0.2, 0.25) is 0 Å². The van der Waals surface area contributed by atoms with Gasteiger partial charge in [0.15, 0.2) is 0 Å². The number of rotatable bonds is 4. The highest BCUT2D eigenvalue weighted by Crippen LogP contribution is 2.38. The number of halogens is 1. The van der Waals surface area contributed by atoms with Gasteiger partial charge in [-0.15, -0.1) is 0 Å². The van der Waals surface area contributed by atoms with Gasteiger partial charge in [0, 0.05) is 37.6 Å². The average molecular weight is 453 g/mol. The largest absolute Gasteiger partial charge is 0.283 e. The molecule has 10 heteroatoms. The molecule has 156 valence electrons. The molecule has 3 aromatic heterocycles. The molecule has 0 fully saturated rings. The lowest BCUT2D eigenvalue weighted by molar-refractivity contribution is 0.581. The normalized spacial score (nSPS) is 12.0. The molecular weight excluding hydrogens is 436 g/mol. The Balaban J connectivity index is 1.76. The first-order valence-corrected chi connectivity index (χ1v) is 11.2. The predicted molar refractivity (Wildman–Crippen MR) is 118 cm³/mol. The van der Waals surface area contributed by atoms with Gasteiger partial charge >= 0.3 is 0 Å². The molecule has 31 heavy (non-hydrogen) atoms. The Hall–Kier alpha value is -3.43. The lowest BCUT2D eigenvalue weighted by atomic mass is 10.1. The summed E-state index contributed by atoms with van der Waals surface area (Å²) < 4.78 is 31.5. The average Bonchev–Trinajstić information content (AvgIpc) is 3.46. The van der Waals surface area contributed by atoms with Crippen LogP contribution in [0.1, 0.15) is 0 Å². The second kappa shape index (κ2) is 7.07. The third-order valence-electron chi connectivity index (χ3n) is 5.00. The molecule has 0 radical (unpaired) electrons. The molecule has 0 aliphatic rings. The van der Waals surface area contributed by atoms with E-state index in [-0.39, 0.29) is 15.6 Å². The maximum atomic E-state index is 13.7. The van der Waals surface area contributed by atoms with Crippen molar-refractivity contribution in [2.75, 3.05) is 0 Å². The van der Waals surface area contributed by atoms with Crippen molar-refractivity contribution in [3.05, 3.63) is 72.3 Å². The molecule has 3 heterocycles. The highest BCUT2D eigenvalue weighted by molar-refractivity contribution is 7.90. The van der Waals surface area contributed by atoms with Gasteiger partial charge in [-0.25, -0.2) is 0 Å². The summed E-state index contributed by atoms with van der Waals surface area (Å²) >= 11 is 6.68. The zero-order chi connectivity index (χ0) is 21.8. The van der Waals surface area contributed by atoms with Crippen molar-refractivity contribution in [2.45, 2.75) is 4.90 Å². The third-order valence-corrected chi connectivity index (χ3v) is 6.93. The first-order valence-electron chi connectivity index (χ1n) is 9.35. The number of fused-ring (bicyclic) bond motifs is 1. The summed E-state index contributed by atoms with van der Waals surface area (Å²) in [6.45, 7) is 0. The number of hydrogen-bond donors (Lipinski definition) is 0. The van der Waals surface area contributed by atoms with Crippen molar-refractivity contribution in [1.82, 2.24) is 28.7 Å². The minimum absolute atomic E-state index is 0.119. The highest BCUT2D eigenvalue weighted by atomic mass is 35.5. The summed E-state index contributed by atoms with van der Waals surface area (Å²) in [5.74, 6) is 0. The Morgan fingerprint density at radius 2 is 1.52 bits per heavy atom. The Morgan fingerprint density at radius 3 is 2.16 bits per heavy atom. The maximum Gasteiger partial charge on any atom is 0.283 e. The van der Waals surface area contributed by atoms with E-state index in [9.17, 15) is 8.42 Å². The Labute approximate surface area is 183 Å². The molecule has 0 amide bonds. The minimum atomic E-state index is -4.05. The number of aryl methyl sites for hydroxylation is 2. The number of aromatic nitrogens is 6. The number of nitrogens with zero attached hydrogens (tertiary/aromatic N) is 6. The van der Waals surface area contributed by atoms with Crippen molar-refractivity contribution in [1.29, 1.82) is 0 Å². The van der Waals surface area contributed by atoms with Crippen molar-refractivity contribution in [2.24, 2.45) is 14.1 Å². The lowest BCUT2D eigenvalue weighted by Crippen LogP contribution is -2.16. The van der Waals surface area contributed by atoms with E-state index in [0.717, 1.165) is 14.9 Å². The van der Waals surface area contributed by atoms with Gasteiger partial charge in [-0.1, -0.05) is 41.9 Å². The molecule has 5 rings (SSSR count). The van der Waals surface area contributed by atoms with Crippen LogP contribution in [0.3, 0.4) is 0 Å². The molecule has 2 aromatic carbocycles. The fourth-order valence-corrected chi connectivity index (χ4v) is 5.22. The standard InChI is InChI=1S/C21H17ClN6O2S/c1-26-12-16(10-23-26)20-19(22)21(17-11-24-27(2)13-17)28(25-20)31(29,30)18-8-7-14-5-3-4-6-15(14)9-18/h3-13H,1-2H3. The van der Waals surface area contributed by atoms with Crippen LogP contribution in [0.25, 0.3) is 33.3 Å². The molecule has 0 aliphatic carbocycles. The Kier molecular flexibility index (Phi) is 4.45. The van der Waals surface area contributed by atoms with Gasteiger partial charge in [0.25, 0.3) is 10.0 Å². The van der Waals surface area contributed by atoms with E-state index in [1.807, 2.05) is 24.3 Å². The number of benzene rings is 2. The monoisotopic (exact) mass is 452 g/mol. The van der Waals surface area contributed by atoms with Crippen LogP contribution in [0.15, 0.2) is 72.1 Å². The predicted octanol–water partition coefficient (Wildman–Crippen LogP) is 3.73. The van der Waals surface area contributed by atoms with E-state index in [1.165, 1.54) is 0 Å². The molecule has 5 aromatic rings. The van der Waals surface area contributed by atoms with Crippen LogP contribution < -0.4 is 0 Å². The van der Waals surface area contributed by atoms with Gasteiger partial charge in [0.05, 0.1) is 22.3 Å². The molecule has 0 aliphatic heterocycles. The van der Waals surface area contributed by atoms with Crippen molar-refractivity contribution in [3.63, 3.8) is 0 Å². The highest BCUT2D eigenvalue weighted by Gasteiger charge is 2.29. The molecule has 0 bridgehead atoms. The van der Waals surface area contributed by atoms with Crippen molar-refractivity contribution >= 4 is 32.4 Å². The van der Waals surface area contributed by atoms with E-state index in [1.54, 1.807) is 66.4 Å². The van der Waals surface area contributed by atoms with E-state index < -0.39 is 10.0 Å². The van der Waals surface area contributed by atoms with Gasteiger partial charge in [0.1, 0.15) is 11.4 Å². The van der Waals surface area contributed by atoms with Crippen LogP contribution in [0.2, 0.25) is 5.02 Å². The van der Waals surface area contributed by atoms with E-state index in [4.69, 9.17) is 11.6 Å².